The molecule has 0 fully saturated rings. The van der Waals surface area contributed by atoms with Crippen molar-refractivity contribution in [2.24, 2.45) is 11.5 Å². The third-order valence-electron chi connectivity index (χ3n) is 0.243. The first kappa shape index (κ1) is 11.2. The van der Waals surface area contributed by atoms with Crippen LogP contribution in [0.1, 0.15) is 6.92 Å². The van der Waals surface area contributed by atoms with Gasteiger partial charge in [0.05, 0.1) is 0 Å². The van der Waals surface area contributed by atoms with Crippen molar-refractivity contribution in [1.29, 1.82) is 0 Å². The van der Waals surface area contributed by atoms with Crippen molar-refractivity contribution in [3.63, 3.8) is 0 Å². The Morgan fingerprint density at radius 2 is 1.20 bits per heavy atom. The van der Waals surface area contributed by atoms with E-state index in [0.29, 0.717) is 0 Å². The molecule has 0 aromatic heterocycles. The predicted molar refractivity (Wildman–Crippen MR) is 31.7 cm³/mol. The summed E-state index contributed by atoms with van der Waals surface area (Å²) in [7, 11) is 0. The molecule has 0 aromatic carbocycles. The minimum absolute atomic E-state index is 0.833. The Balaban J connectivity index is 0. The average molecular weight is 148 g/mol. The quantitative estimate of drug-likeness (QED) is 0.345. The predicted octanol–water partition coefficient (Wildman–Crippen LogP) is -1.95. The van der Waals surface area contributed by atoms with Gasteiger partial charge in [-0.25, -0.2) is 0 Å². The van der Waals surface area contributed by atoms with Gasteiger partial charge in [0.15, 0.2) is 0 Å². The molecule has 0 unspecified atom stereocenters. The summed E-state index contributed by atoms with van der Waals surface area (Å²) >= 11 is 0. The van der Waals surface area contributed by atoms with E-state index in [0.717, 1.165) is 6.92 Å². The Morgan fingerprint density at radius 1 is 1.10 bits per heavy atom. The topological polar surface area (TPSA) is 123 Å². The van der Waals surface area contributed by atoms with Crippen LogP contribution in [0.2, 0.25) is 0 Å². The summed E-state index contributed by atoms with van der Waals surface area (Å²) in [5, 5.41) is 7.42. The Hall–Kier alpha value is -1.59. The maximum Gasteiger partial charge on any atom is 0.306 e. The van der Waals surface area contributed by atoms with E-state index < -0.39 is 17.8 Å². The fraction of sp³-hybridized carbons (Fsp3) is 0.250. The van der Waals surface area contributed by atoms with Crippen molar-refractivity contribution >= 4 is 17.8 Å². The second kappa shape index (κ2) is 5.54. The van der Waals surface area contributed by atoms with Gasteiger partial charge in [0.2, 0.25) is 0 Å². The van der Waals surface area contributed by atoms with E-state index in [-0.39, 0.29) is 0 Å². The fourth-order valence-electron chi connectivity index (χ4n) is 0. The van der Waals surface area contributed by atoms with Gasteiger partial charge in [-0.3, -0.25) is 14.4 Å². The second-order valence-corrected chi connectivity index (χ2v) is 1.25. The number of hydrogen-bond donors (Lipinski definition) is 3. The van der Waals surface area contributed by atoms with Crippen molar-refractivity contribution in [2.75, 3.05) is 0 Å². The lowest BCUT2D eigenvalue weighted by atomic mass is 10.6. The summed E-state index contributed by atoms with van der Waals surface area (Å²) in [6, 6.07) is 0. The highest BCUT2D eigenvalue weighted by Crippen LogP contribution is 1.44. The zero-order valence-electron chi connectivity index (χ0n) is 5.33. The number of carboxylic acids is 1. The zero-order chi connectivity index (χ0) is 8.73. The first-order chi connectivity index (χ1) is 4.37. The highest BCUT2D eigenvalue weighted by molar-refractivity contribution is 6.33. The lowest BCUT2D eigenvalue weighted by molar-refractivity contribution is -0.135. The van der Waals surface area contributed by atoms with Crippen LogP contribution in [0.4, 0.5) is 0 Å². The number of carbonyl (C=O) groups excluding carboxylic acids is 2. The van der Waals surface area contributed by atoms with E-state index in [1.807, 2.05) is 0 Å². The normalized spacial score (nSPS) is 6.90. The molecule has 10 heavy (non-hydrogen) atoms. The van der Waals surface area contributed by atoms with E-state index >= 15 is 0 Å². The summed E-state index contributed by atoms with van der Waals surface area (Å²) in [6.07, 6.45) is 0. The van der Waals surface area contributed by atoms with Gasteiger partial charge in [0.1, 0.15) is 0 Å². The summed E-state index contributed by atoms with van der Waals surface area (Å²) in [5.41, 5.74) is 8.64. The molecule has 6 nitrogen and oxygen atoms in total. The SMILES string of the molecule is CC(=O)O.NC(=O)C(N)=O. The largest absolute Gasteiger partial charge is 0.481 e. The lowest BCUT2D eigenvalue weighted by Crippen LogP contribution is -2.29. The number of aliphatic carboxylic acids is 1. The molecule has 58 valence electrons. The standard InChI is InChI=1S/C2H4N2O2.C2H4O2/c3-1(5)2(4)6;1-2(3)4/h(H2,3,5)(H2,4,6);1H3,(H,3,4). The van der Waals surface area contributed by atoms with Crippen LogP contribution in [-0.4, -0.2) is 22.9 Å². The molecule has 0 saturated carbocycles. The van der Waals surface area contributed by atoms with E-state index in [9.17, 15) is 9.59 Å². The lowest BCUT2D eigenvalue weighted by Gasteiger charge is -1.75. The van der Waals surface area contributed by atoms with Gasteiger partial charge in [-0.2, -0.15) is 0 Å². The molecule has 0 atom stereocenters. The molecular formula is C4H8N2O4. The third-order valence-corrected chi connectivity index (χ3v) is 0.243. The maximum atomic E-state index is 9.45. The summed E-state index contributed by atoms with van der Waals surface area (Å²) in [6.45, 7) is 1.08. The van der Waals surface area contributed by atoms with Crippen LogP contribution >= 0.6 is 0 Å². The van der Waals surface area contributed by atoms with Crippen molar-refractivity contribution in [2.45, 2.75) is 6.92 Å². The van der Waals surface area contributed by atoms with Crippen molar-refractivity contribution < 1.29 is 19.5 Å². The molecule has 0 aromatic rings. The van der Waals surface area contributed by atoms with Gasteiger partial charge in [-0.15, -0.1) is 0 Å². The van der Waals surface area contributed by atoms with Crippen LogP contribution in [0.3, 0.4) is 0 Å². The molecule has 0 rings (SSSR count). The van der Waals surface area contributed by atoms with Gasteiger partial charge in [-0.1, -0.05) is 0 Å². The van der Waals surface area contributed by atoms with Crippen molar-refractivity contribution in [3.8, 4) is 0 Å². The number of primary amides is 2. The first-order valence-electron chi connectivity index (χ1n) is 2.16. The third kappa shape index (κ3) is 32.3. The van der Waals surface area contributed by atoms with E-state index in [1.165, 1.54) is 0 Å². The van der Waals surface area contributed by atoms with Gasteiger partial charge in [0.25, 0.3) is 5.97 Å². The van der Waals surface area contributed by atoms with E-state index in [2.05, 4.69) is 11.5 Å². The van der Waals surface area contributed by atoms with Crippen LogP contribution in [0.15, 0.2) is 0 Å². The monoisotopic (exact) mass is 148 g/mol. The highest BCUT2D eigenvalue weighted by atomic mass is 16.4. The van der Waals surface area contributed by atoms with E-state index in [4.69, 9.17) is 9.90 Å². The highest BCUT2D eigenvalue weighted by Gasteiger charge is 1.96. The van der Waals surface area contributed by atoms with Crippen LogP contribution in [0.25, 0.3) is 0 Å². The van der Waals surface area contributed by atoms with E-state index in [1.54, 1.807) is 0 Å². The Kier molecular flexibility index (Phi) is 6.23. The maximum absolute atomic E-state index is 9.45. The molecule has 0 spiro atoms. The number of carboxylic acid groups (broad SMARTS) is 1. The fourth-order valence-corrected chi connectivity index (χ4v) is 0. The average Bonchev–Trinajstić information content (AvgIpc) is 1.63. The first-order valence-corrected chi connectivity index (χ1v) is 2.16. The number of carbonyl (C=O) groups is 3. The minimum atomic E-state index is -1.10. The summed E-state index contributed by atoms with van der Waals surface area (Å²) in [4.78, 5) is 27.9. The number of rotatable bonds is 0. The molecule has 2 amide bonds. The Morgan fingerprint density at radius 3 is 1.20 bits per heavy atom. The molecule has 0 heterocycles. The Bertz CT molecular complexity index is 137. The van der Waals surface area contributed by atoms with Gasteiger partial charge < -0.3 is 16.6 Å². The summed E-state index contributed by atoms with van der Waals surface area (Å²) in [5.74, 6) is -3.04. The van der Waals surface area contributed by atoms with Crippen LogP contribution in [0, 0.1) is 0 Å². The second-order valence-electron chi connectivity index (χ2n) is 1.25. The molecular weight excluding hydrogens is 140 g/mol. The van der Waals surface area contributed by atoms with Gasteiger partial charge in [-0.05, 0) is 0 Å². The number of amides is 2. The molecule has 5 N–H and O–H groups in total. The van der Waals surface area contributed by atoms with Crippen LogP contribution in [-0.2, 0) is 14.4 Å². The number of nitrogens with two attached hydrogens (primary N) is 2. The van der Waals surface area contributed by atoms with Crippen molar-refractivity contribution in [3.05, 3.63) is 0 Å². The smallest absolute Gasteiger partial charge is 0.306 e. The molecule has 0 aliphatic heterocycles. The van der Waals surface area contributed by atoms with Crippen LogP contribution in [0.5, 0.6) is 0 Å². The molecule has 0 aliphatic rings. The molecule has 0 saturated heterocycles. The Labute approximate surface area is 56.8 Å². The van der Waals surface area contributed by atoms with Gasteiger partial charge in [0, 0.05) is 6.92 Å². The summed E-state index contributed by atoms with van der Waals surface area (Å²) < 4.78 is 0. The molecule has 0 radical (unpaired) electrons. The minimum Gasteiger partial charge on any atom is -0.481 e. The van der Waals surface area contributed by atoms with Crippen molar-refractivity contribution in [1.82, 2.24) is 0 Å². The molecule has 0 aliphatic carbocycles. The molecule has 6 heteroatoms. The zero-order valence-corrected chi connectivity index (χ0v) is 5.33. The van der Waals surface area contributed by atoms with Gasteiger partial charge >= 0.3 is 11.8 Å². The molecule has 0 bridgehead atoms. The number of hydrogen-bond acceptors (Lipinski definition) is 3. The van der Waals surface area contributed by atoms with Crippen LogP contribution < -0.4 is 11.5 Å².